The van der Waals surface area contributed by atoms with Crippen molar-refractivity contribution in [2.75, 3.05) is 17.7 Å². The smallest absolute Gasteiger partial charge is 0.337 e. The Hall–Kier alpha value is -1.78. The van der Waals surface area contributed by atoms with Gasteiger partial charge in [-0.2, -0.15) is 0 Å². The lowest BCUT2D eigenvalue weighted by molar-refractivity contribution is 0.0698. The van der Waals surface area contributed by atoms with Gasteiger partial charge in [0, 0.05) is 18.8 Å². The molecule has 1 aromatic rings. The summed E-state index contributed by atoms with van der Waals surface area (Å²) in [5.74, 6) is -1.17. The van der Waals surface area contributed by atoms with Crippen molar-refractivity contribution in [3.05, 3.63) is 23.5 Å². The maximum atomic E-state index is 13.9. The molecule has 3 N–H and O–H groups in total. The standard InChI is InChI=1S/C14H21FN2O2/c1-8(2)5-9(3)17(4)13-6-10(14(18)19)12(16)7-11(13)15/h6-9H,5,16H2,1-4H3,(H,18,19). The van der Waals surface area contributed by atoms with Crippen LogP contribution in [-0.2, 0) is 0 Å². The first kappa shape index (κ1) is 15.3. The maximum Gasteiger partial charge on any atom is 0.337 e. The molecule has 4 nitrogen and oxygen atoms in total. The molecule has 1 atom stereocenters. The van der Waals surface area contributed by atoms with Gasteiger partial charge in [0.25, 0.3) is 0 Å². The number of nitrogens with zero attached hydrogens (tertiary/aromatic N) is 1. The molecule has 0 amide bonds. The number of aromatic carboxylic acids is 1. The Balaban J connectivity index is 3.12. The van der Waals surface area contributed by atoms with Crippen LogP contribution in [0.15, 0.2) is 12.1 Å². The third-order valence-electron chi connectivity index (χ3n) is 3.20. The van der Waals surface area contributed by atoms with Crippen LogP contribution in [0.25, 0.3) is 0 Å². The molecule has 0 heterocycles. The number of carboxylic acid groups (broad SMARTS) is 1. The highest BCUT2D eigenvalue weighted by Gasteiger charge is 2.19. The van der Waals surface area contributed by atoms with Gasteiger partial charge in [0.15, 0.2) is 0 Å². The van der Waals surface area contributed by atoms with Crippen LogP contribution in [0.3, 0.4) is 0 Å². The van der Waals surface area contributed by atoms with Crippen molar-refractivity contribution < 1.29 is 14.3 Å². The van der Waals surface area contributed by atoms with Crippen molar-refractivity contribution in [3.63, 3.8) is 0 Å². The first-order valence-electron chi connectivity index (χ1n) is 6.29. The van der Waals surface area contributed by atoms with Gasteiger partial charge in [0.05, 0.1) is 11.3 Å². The molecule has 0 aliphatic carbocycles. The minimum Gasteiger partial charge on any atom is -0.478 e. The first-order valence-corrected chi connectivity index (χ1v) is 6.29. The van der Waals surface area contributed by atoms with Crippen LogP contribution < -0.4 is 10.6 Å². The van der Waals surface area contributed by atoms with E-state index in [-0.39, 0.29) is 23.0 Å². The molecular weight excluding hydrogens is 247 g/mol. The third kappa shape index (κ3) is 3.59. The number of hydrogen-bond acceptors (Lipinski definition) is 3. The van der Waals surface area contributed by atoms with Crippen LogP contribution in [0, 0.1) is 11.7 Å². The summed E-state index contributed by atoms with van der Waals surface area (Å²) in [6.07, 6.45) is 0.892. The quantitative estimate of drug-likeness (QED) is 0.806. The zero-order valence-corrected chi connectivity index (χ0v) is 11.8. The minimum atomic E-state index is -1.15. The van der Waals surface area contributed by atoms with Crippen LogP contribution in [0.4, 0.5) is 15.8 Å². The molecular formula is C14H21FN2O2. The van der Waals surface area contributed by atoms with Gasteiger partial charge in [0.2, 0.25) is 0 Å². The Kier molecular flexibility index (Phi) is 4.75. The number of nitrogens with two attached hydrogens (primary N) is 1. The zero-order valence-electron chi connectivity index (χ0n) is 11.8. The molecule has 1 unspecified atom stereocenters. The highest BCUT2D eigenvalue weighted by Crippen LogP contribution is 2.27. The van der Waals surface area contributed by atoms with Crippen molar-refractivity contribution in [1.82, 2.24) is 0 Å². The van der Waals surface area contributed by atoms with E-state index in [1.54, 1.807) is 11.9 Å². The molecule has 0 fully saturated rings. The van der Waals surface area contributed by atoms with E-state index < -0.39 is 11.8 Å². The number of nitrogen functional groups attached to an aromatic ring is 1. The average Bonchev–Trinajstić information content (AvgIpc) is 2.26. The predicted molar refractivity (Wildman–Crippen MR) is 75.1 cm³/mol. The molecule has 0 saturated heterocycles. The summed E-state index contributed by atoms with van der Waals surface area (Å²) in [6.45, 7) is 6.16. The third-order valence-corrected chi connectivity index (χ3v) is 3.20. The molecule has 0 aliphatic heterocycles. The number of benzene rings is 1. The molecule has 0 saturated carbocycles. The molecule has 0 aliphatic rings. The summed E-state index contributed by atoms with van der Waals surface area (Å²) in [6, 6.07) is 2.47. The molecule has 19 heavy (non-hydrogen) atoms. The van der Waals surface area contributed by atoms with Gasteiger partial charge in [-0.1, -0.05) is 13.8 Å². The van der Waals surface area contributed by atoms with Crippen LogP contribution in [0.5, 0.6) is 0 Å². The fraction of sp³-hybridized carbons (Fsp3) is 0.500. The Morgan fingerprint density at radius 2 is 2.00 bits per heavy atom. The highest BCUT2D eigenvalue weighted by atomic mass is 19.1. The lowest BCUT2D eigenvalue weighted by atomic mass is 10.0. The normalized spacial score (nSPS) is 12.5. The summed E-state index contributed by atoms with van der Waals surface area (Å²) in [5, 5.41) is 9.03. The van der Waals surface area contributed by atoms with E-state index in [0.717, 1.165) is 12.5 Å². The number of anilines is 2. The van der Waals surface area contributed by atoms with Gasteiger partial charge < -0.3 is 15.7 Å². The monoisotopic (exact) mass is 268 g/mol. The van der Waals surface area contributed by atoms with Crippen LogP contribution in [-0.4, -0.2) is 24.2 Å². The molecule has 106 valence electrons. The number of carbonyl (C=O) groups is 1. The Labute approximate surface area is 113 Å². The van der Waals surface area contributed by atoms with Crippen molar-refractivity contribution in [2.24, 2.45) is 5.92 Å². The van der Waals surface area contributed by atoms with E-state index in [4.69, 9.17) is 10.8 Å². The fourth-order valence-corrected chi connectivity index (χ4v) is 2.11. The van der Waals surface area contributed by atoms with Crippen molar-refractivity contribution >= 4 is 17.3 Å². The second kappa shape index (κ2) is 5.91. The average molecular weight is 268 g/mol. The summed E-state index contributed by atoms with van der Waals surface area (Å²) < 4.78 is 13.9. The van der Waals surface area contributed by atoms with Gasteiger partial charge in [-0.15, -0.1) is 0 Å². The van der Waals surface area contributed by atoms with Gasteiger partial charge in [-0.05, 0) is 31.4 Å². The summed E-state index contributed by atoms with van der Waals surface area (Å²) >= 11 is 0. The Bertz CT molecular complexity index is 475. The summed E-state index contributed by atoms with van der Waals surface area (Å²) in [7, 11) is 1.76. The molecule has 0 aromatic heterocycles. The molecule has 0 spiro atoms. The molecule has 1 rings (SSSR count). The molecule has 0 radical (unpaired) electrons. The SMILES string of the molecule is CC(C)CC(C)N(C)c1cc(C(=O)O)c(N)cc1F. The molecule has 5 heteroatoms. The Morgan fingerprint density at radius 1 is 1.42 bits per heavy atom. The van der Waals surface area contributed by atoms with Crippen molar-refractivity contribution in [1.29, 1.82) is 0 Å². The topological polar surface area (TPSA) is 66.6 Å². The minimum absolute atomic E-state index is 0.0568. The second-order valence-corrected chi connectivity index (χ2v) is 5.29. The maximum absolute atomic E-state index is 13.9. The molecule has 1 aromatic carbocycles. The van der Waals surface area contributed by atoms with Crippen molar-refractivity contribution in [3.8, 4) is 0 Å². The molecule has 0 bridgehead atoms. The largest absolute Gasteiger partial charge is 0.478 e. The van der Waals surface area contributed by atoms with Gasteiger partial charge in [-0.3, -0.25) is 0 Å². The number of rotatable bonds is 5. The van der Waals surface area contributed by atoms with Crippen LogP contribution in [0.2, 0.25) is 0 Å². The van der Waals surface area contributed by atoms with Crippen LogP contribution >= 0.6 is 0 Å². The van der Waals surface area contributed by atoms with Gasteiger partial charge >= 0.3 is 5.97 Å². The van der Waals surface area contributed by atoms with Gasteiger partial charge in [-0.25, -0.2) is 9.18 Å². The van der Waals surface area contributed by atoms with Crippen LogP contribution in [0.1, 0.15) is 37.6 Å². The van der Waals surface area contributed by atoms with E-state index in [1.165, 1.54) is 6.07 Å². The predicted octanol–water partition coefficient (Wildman–Crippen LogP) is 2.98. The van der Waals surface area contributed by atoms with E-state index in [2.05, 4.69) is 13.8 Å². The summed E-state index contributed by atoms with van der Waals surface area (Å²) in [4.78, 5) is 12.8. The van der Waals surface area contributed by atoms with E-state index in [9.17, 15) is 9.18 Å². The summed E-state index contributed by atoms with van der Waals surface area (Å²) in [5.41, 5.74) is 5.65. The fourth-order valence-electron chi connectivity index (χ4n) is 2.11. The van der Waals surface area contributed by atoms with Crippen molar-refractivity contribution in [2.45, 2.75) is 33.2 Å². The number of carboxylic acids is 1. The Morgan fingerprint density at radius 3 is 2.47 bits per heavy atom. The van der Waals surface area contributed by atoms with E-state index in [1.807, 2.05) is 6.92 Å². The van der Waals surface area contributed by atoms with E-state index in [0.29, 0.717) is 5.92 Å². The lowest BCUT2D eigenvalue weighted by Crippen LogP contribution is -2.31. The zero-order chi connectivity index (χ0) is 14.7. The number of halogens is 1. The highest BCUT2D eigenvalue weighted by molar-refractivity contribution is 5.95. The van der Waals surface area contributed by atoms with E-state index >= 15 is 0 Å². The second-order valence-electron chi connectivity index (χ2n) is 5.29. The lowest BCUT2D eigenvalue weighted by Gasteiger charge is -2.29. The number of hydrogen-bond donors (Lipinski definition) is 2. The first-order chi connectivity index (χ1) is 8.73. The van der Waals surface area contributed by atoms with Gasteiger partial charge in [0.1, 0.15) is 5.82 Å².